The summed E-state index contributed by atoms with van der Waals surface area (Å²) in [6.45, 7) is 6.28. The summed E-state index contributed by atoms with van der Waals surface area (Å²) < 4.78 is 47.2. The first-order chi connectivity index (χ1) is 50.4. The Bertz CT molecular complexity index is 5360. The summed E-state index contributed by atoms with van der Waals surface area (Å²) in [4.78, 5) is 99.0. The van der Waals surface area contributed by atoms with E-state index in [2.05, 4.69) is 117 Å². The minimum Gasteiger partial charge on any atom is -0.455 e. The van der Waals surface area contributed by atoms with Crippen LogP contribution < -0.4 is 42.3 Å². The van der Waals surface area contributed by atoms with Gasteiger partial charge in [0.2, 0.25) is 5.28 Å². The fourth-order valence-corrected chi connectivity index (χ4v) is 13.6. The third kappa shape index (κ3) is 19.4. The van der Waals surface area contributed by atoms with E-state index < -0.39 is 17.3 Å². The van der Waals surface area contributed by atoms with Crippen LogP contribution in [0, 0.1) is 17.5 Å². The molecule has 0 bridgehead atoms. The molecule has 27 nitrogen and oxygen atoms in total. The standard InChI is InChI=1S/C25H25FN8O2S.C22H20ClFN8S.C22H21FN8OS.CH4/c1-15(35)14-36-25-33-23(29-13-19-16(26)5-4-10-28-19)22-24(34-25)37-21(32-22)9-12-27-11-8-20-30-17-6-2-3-7-18(17)31-20;23-22-31-20(27-12-16-13(24)4-3-9-26-16)19-21(32-22)33-18(30-19)8-11-25-10-7-17-28-14-5-1-2-6-15(14)29-17;23-13-4-3-9-25-16(13)12-26-20-19-21(31-22(32)30-20)33-18(29-19)8-11-24-10-7-17-27-14-5-1-2-6-15(14)28-17;/h2-7,10,27H,8-9,11-14H2,1H3,(H,30,31)(H,29,33,34);1-6,9,25H,7-8,10-12H2,(H,28,29)(H,27,31,32);1-6,9,24H,7-8,10-12H2,(H,27,28)(H2,26,30,31,32);1H4. The van der Waals surface area contributed by atoms with Gasteiger partial charge in [0, 0.05) is 96.4 Å². The Morgan fingerprint density at radius 3 is 1.28 bits per heavy atom. The number of ketones is 1. The molecule has 15 rings (SSSR count). The van der Waals surface area contributed by atoms with Crippen LogP contribution in [0.4, 0.5) is 30.6 Å². The number of fused-ring (bicyclic) bond motifs is 6. The van der Waals surface area contributed by atoms with Gasteiger partial charge in [-0.15, -0.1) is 0 Å². The summed E-state index contributed by atoms with van der Waals surface area (Å²) in [7, 11) is 0. The van der Waals surface area contributed by atoms with E-state index in [9.17, 15) is 22.8 Å². The summed E-state index contributed by atoms with van der Waals surface area (Å²) in [5.41, 5.74) is 8.13. The van der Waals surface area contributed by atoms with Gasteiger partial charge in [-0.05, 0) is 91.3 Å². The molecule has 0 fully saturated rings. The van der Waals surface area contributed by atoms with Gasteiger partial charge < -0.3 is 51.6 Å². The van der Waals surface area contributed by atoms with Crippen LogP contribution in [0.25, 0.3) is 64.1 Å². The number of thiazole rings is 3. The summed E-state index contributed by atoms with van der Waals surface area (Å²) in [5, 5.41) is 22.2. The largest absolute Gasteiger partial charge is 0.455 e. The topological polar surface area (TPSA) is 359 Å². The second-order valence-corrected chi connectivity index (χ2v) is 26.6. The Balaban J connectivity index is 0.000000146. The van der Waals surface area contributed by atoms with E-state index >= 15 is 0 Å². The normalized spacial score (nSPS) is 11.3. The number of imidazole rings is 3. The lowest BCUT2D eigenvalue weighted by Crippen LogP contribution is -2.20. The molecule has 15 aromatic rings. The summed E-state index contributed by atoms with van der Waals surface area (Å²) in [5.74, 6) is 2.79. The van der Waals surface area contributed by atoms with Crippen LogP contribution in [-0.2, 0) is 63.0 Å². The molecule has 0 unspecified atom stereocenters. The second-order valence-electron chi connectivity index (χ2n) is 23.1. The highest BCUT2D eigenvalue weighted by Crippen LogP contribution is 2.31. The maximum Gasteiger partial charge on any atom is 0.347 e. The number of hydrogen-bond donors (Lipinski definition) is 10. The summed E-state index contributed by atoms with van der Waals surface area (Å²) in [6.07, 6.45) is 9.12. The predicted molar refractivity (Wildman–Crippen MR) is 400 cm³/mol. The number of carbonyl (C=O) groups is 1. The maximum atomic E-state index is 14.0. The van der Waals surface area contributed by atoms with E-state index in [1.807, 2.05) is 72.8 Å². The Labute approximate surface area is 608 Å². The first-order valence-electron chi connectivity index (χ1n) is 32.8. The summed E-state index contributed by atoms with van der Waals surface area (Å²) >= 11 is 10.4. The Kier molecular flexibility index (Phi) is 24.7. The van der Waals surface area contributed by atoms with Crippen molar-refractivity contribution in [2.24, 2.45) is 0 Å². The van der Waals surface area contributed by atoms with Crippen LogP contribution in [-0.4, -0.2) is 141 Å². The second kappa shape index (κ2) is 35.3. The van der Waals surface area contributed by atoms with Crippen molar-refractivity contribution in [2.45, 2.75) is 72.5 Å². The molecule has 3 aromatic carbocycles. The molecular formula is C70H70ClF3N24O3S3. The number of rotatable bonds is 30. The van der Waals surface area contributed by atoms with Gasteiger partial charge in [-0.1, -0.05) is 77.8 Å². The van der Waals surface area contributed by atoms with Crippen molar-refractivity contribution in [1.82, 2.24) is 106 Å². The number of hydrogen-bond acceptors (Lipinski definition) is 26. The van der Waals surface area contributed by atoms with Crippen molar-refractivity contribution in [3.8, 4) is 6.01 Å². The van der Waals surface area contributed by atoms with E-state index in [0.717, 1.165) is 131 Å². The van der Waals surface area contributed by atoms with Gasteiger partial charge in [-0.2, -0.15) is 19.9 Å². The molecule has 0 radical (unpaired) electrons. The zero-order valence-electron chi connectivity index (χ0n) is 55.2. The van der Waals surface area contributed by atoms with E-state index in [4.69, 9.17) is 21.3 Å². The highest BCUT2D eigenvalue weighted by molar-refractivity contribution is 7.18. The highest BCUT2D eigenvalue weighted by Gasteiger charge is 2.19. The molecule has 34 heteroatoms. The quantitative estimate of drug-likeness (QED) is 0.0148. The molecule has 12 heterocycles. The molecule has 0 saturated heterocycles. The zero-order valence-corrected chi connectivity index (χ0v) is 58.4. The SMILES string of the molecule is C.CC(=O)COc1nc(NCc2ncccc2F)c2nc(CCNCCc3nc4ccccc4[nH]3)sc2n1.Fc1cccnc1CNc1nc(Cl)nc2sc(CCNCCc3nc4ccccc4[nH]3)nc12.O=c1nc2sc(CCNCCc3nc4ccccc4[nH]3)nc2c(NCc2ncccc2F)[nH]1. The highest BCUT2D eigenvalue weighted by atomic mass is 35.5. The number of aromatic nitrogens is 18. The van der Waals surface area contributed by atoms with E-state index in [1.165, 1.54) is 83.7 Å². The van der Waals surface area contributed by atoms with Crippen LogP contribution in [0.2, 0.25) is 5.28 Å². The molecule has 104 heavy (non-hydrogen) atoms. The number of aromatic amines is 4. The molecule has 0 aliphatic rings. The van der Waals surface area contributed by atoms with Crippen LogP contribution in [0.15, 0.2) is 133 Å². The van der Waals surface area contributed by atoms with Crippen molar-refractivity contribution in [3.05, 3.63) is 211 Å². The van der Waals surface area contributed by atoms with Crippen LogP contribution >= 0.6 is 45.6 Å². The maximum absolute atomic E-state index is 14.0. The van der Waals surface area contributed by atoms with Gasteiger partial charge >= 0.3 is 11.7 Å². The fraction of sp³-hybridized carbons (Fsp3) is 0.257. The Hall–Kier alpha value is -10.9. The smallest absolute Gasteiger partial charge is 0.347 e. The number of carbonyl (C=O) groups excluding carboxylic acids is 1. The molecule has 0 saturated carbocycles. The van der Waals surface area contributed by atoms with Crippen molar-refractivity contribution in [2.75, 3.05) is 61.8 Å². The van der Waals surface area contributed by atoms with E-state index in [-0.39, 0.29) is 68.0 Å². The number of nitrogens with zero attached hydrogens (tertiary/aromatic N) is 14. The van der Waals surface area contributed by atoms with Gasteiger partial charge in [0.05, 0.1) is 84.8 Å². The number of halogens is 4. The molecule has 0 aliphatic heterocycles. The van der Waals surface area contributed by atoms with Gasteiger partial charge in [0.15, 0.2) is 31.9 Å². The van der Waals surface area contributed by atoms with Gasteiger partial charge in [-0.3, -0.25) is 24.7 Å². The number of H-pyrrole nitrogens is 4. The fourth-order valence-electron chi connectivity index (χ4n) is 10.6. The van der Waals surface area contributed by atoms with Gasteiger partial charge in [0.1, 0.15) is 63.9 Å². The van der Waals surface area contributed by atoms with E-state index in [0.29, 0.717) is 67.0 Å². The monoisotopic (exact) mass is 1480 g/mol. The van der Waals surface area contributed by atoms with Crippen molar-refractivity contribution < 1.29 is 22.7 Å². The minimum absolute atomic E-state index is 0. The van der Waals surface area contributed by atoms with Crippen molar-refractivity contribution in [1.29, 1.82) is 0 Å². The lowest BCUT2D eigenvalue weighted by atomic mass is 10.3. The average Bonchev–Trinajstić information content (AvgIpc) is 1.64. The predicted octanol–water partition coefficient (Wildman–Crippen LogP) is 11.0. The lowest BCUT2D eigenvalue weighted by Gasteiger charge is -2.08. The minimum atomic E-state index is -0.481. The number of nitrogens with one attached hydrogen (secondary N) is 10. The number of ether oxygens (including phenoxy) is 1. The number of para-hydroxylation sites is 6. The zero-order chi connectivity index (χ0) is 70.9. The molecule has 0 amide bonds. The third-order valence-electron chi connectivity index (χ3n) is 15.5. The Morgan fingerprint density at radius 1 is 0.452 bits per heavy atom. The first-order valence-corrected chi connectivity index (χ1v) is 35.6. The van der Waals surface area contributed by atoms with Gasteiger partial charge in [-0.25, -0.2) is 52.9 Å². The summed E-state index contributed by atoms with van der Waals surface area (Å²) in [6, 6.07) is 32.7. The van der Waals surface area contributed by atoms with Crippen molar-refractivity contribution >= 4 is 133 Å². The molecule has 0 aliphatic carbocycles. The molecule has 534 valence electrons. The number of anilines is 3. The molecule has 10 N–H and O–H groups in total. The van der Waals surface area contributed by atoms with Crippen LogP contribution in [0.1, 0.15) is 63.9 Å². The first kappa shape index (κ1) is 72.8. The molecular weight excluding hydrogens is 1410 g/mol. The van der Waals surface area contributed by atoms with Gasteiger partial charge in [0.25, 0.3) is 0 Å². The average molecular weight is 1480 g/mol. The molecule has 12 aromatic heterocycles. The number of pyridine rings is 3. The number of benzene rings is 3. The number of Topliss-reactive ketones (excluding diaryl/α,β-unsaturated/α-hetero) is 1. The lowest BCUT2D eigenvalue weighted by molar-refractivity contribution is -0.119. The third-order valence-corrected chi connectivity index (χ3v) is 18.7. The Morgan fingerprint density at radius 2 is 0.846 bits per heavy atom. The van der Waals surface area contributed by atoms with Crippen LogP contribution in [0.3, 0.4) is 0 Å². The molecule has 0 spiro atoms. The van der Waals surface area contributed by atoms with Crippen LogP contribution in [0.5, 0.6) is 6.01 Å². The molecule has 0 atom stereocenters. The van der Waals surface area contributed by atoms with Crippen molar-refractivity contribution in [3.63, 3.8) is 0 Å². The van der Waals surface area contributed by atoms with E-state index in [1.54, 1.807) is 12.3 Å².